The zero-order valence-corrected chi connectivity index (χ0v) is 11.4. The summed E-state index contributed by atoms with van der Waals surface area (Å²) in [5.74, 6) is -0.483. The van der Waals surface area contributed by atoms with E-state index in [0.717, 1.165) is 19.4 Å². The number of nitrogens with zero attached hydrogens (tertiary/aromatic N) is 2. The molecule has 1 aromatic rings. The summed E-state index contributed by atoms with van der Waals surface area (Å²) in [6.07, 6.45) is 1.74. The number of carboxylic acids is 1. The molecule has 106 valence electrons. The number of nitrogens with one attached hydrogen (secondary N) is 1. The number of aromatic nitrogens is 1. The number of carbonyl (C=O) groups is 2. The zero-order valence-electron chi connectivity index (χ0n) is 10.7. The van der Waals surface area contributed by atoms with Crippen molar-refractivity contribution in [3.05, 3.63) is 22.8 Å². The normalized spacial score (nSPS) is 25.2. The molecule has 20 heavy (non-hydrogen) atoms. The molecule has 6 nitrogen and oxygen atoms in total. The summed E-state index contributed by atoms with van der Waals surface area (Å²) in [5.41, 5.74) is 0.111. The second-order valence-electron chi connectivity index (χ2n) is 5.10. The molecule has 2 atom stereocenters. The van der Waals surface area contributed by atoms with Crippen LogP contribution in [-0.2, 0) is 4.79 Å². The van der Waals surface area contributed by atoms with Crippen LogP contribution in [0.1, 0.15) is 23.2 Å². The smallest absolute Gasteiger partial charge is 0.335 e. The summed E-state index contributed by atoms with van der Waals surface area (Å²) in [6, 6.07) is 2.87. The van der Waals surface area contributed by atoms with E-state index in [1.165, 1.54) is 12.1 Å². The van der Waals surface area contributed by atoms with Crippen LogP contribution in [0.15, 0.2) is 12.1 Å². The van der Waals surface area contributed by atoms with Crippen molar-refractivity contribution in [2.75, 3.05) is 18.0 Å². The first kappa shape index (κ1) is 13.2. The van der Waals surface area contributed by atoms with Gasteiger partial charge in [-0.3, -0.25) is 4.79 Å². The molecule has 1 aromatic heterocycles. The van der Waals surface area contributed by atoms with Gasteiger partial charge in [0.1, 0.15) is 11.0 Å². The number of rotatable bonds is 2. The largest absolute Gasteiger partial charge is 0.478 e. The summed E-state index contributed by atoms with van der Waals surface area (Å²) in [6.45, 7) is 1.32. The monoisotopic (exact) mass is 295 g/mol. The van der Waals surface area contributed by atoms with Gasteiger partial charge in [0.25, 0.3) is 0 Å². The fraction of sp³-hybridized carbons (Fsp3) is 0.462. The van der Waals surface area contributed by atoms with E-state index in [4.69, 9.17) is 16.7 Å². The van der Waals surface area contributed by atoms with Gasteiger partial charge in [0.15, 0.2) is 0 Å². The van der Waals surface area contributed by atoms with Crippen molar-refractivity contribution in [3.8, 4) is 0 Å². The van der Waals surface area contributed by atoms with Crippen LogP contribution in [0.25, 0.3) is 0 Å². The minimum atomic E-state index is -1.04. The van der Waals surface area contributed by atoms with Crippen molar-refractivity contribution in [1.82, 2.24) is 10.3 Å². The van der Waals surface area contributed by atoms with Crippen LogP contribution >= 0.6 is 11.6 Å². The summed E-state index contributed by atoms with van der Waals surface area (Å²) in [4.78, 5) is 29.1. The van der Waals surface area contributed by atoms with Crippen molar-refractivity contribution in [2.45, 2.75) is 18.9 Å². The van der Waals surface area contributed by atoms with Crippen molar-refractivity contribution in [3.63, 3.8) is 0 Å². The SMILES string of the molecule is O=C(O)c1cc(Cl)nc(N2CCCC3C(=O)NCC32)c1. The number of hydrogen-bond donors (Lipinski definition) is 2. The number of pyridine rings is 1. The Morgan fingerprint density at radius 2 is 2.30 bits per heavy atom. The average molecular weight is 296 g/mol. The Balaban J connectivity index is 1.95. The van der Waals surface area contributed by atoms with Crippen molar-refractivity contribution in [2.24, 2.45) is 5.92 Å². The Labute approximate surface area is 120 Å². The molecular weight excluding hydrogens is 282 g/mol. The molecule has 0 aliphatic carbocycles. The van der Waals surface area contributed by atoms with Gasteiger partial charge in [0, 0.05) is 13.1 Å². The molecule has 0 saturated carbocycles. The fourth-order valence-corrected chi connectivity index (χ4v) is 3.19. The molecule has 0 spiro atoms. The molecule has 2 unspecified atom stereocenters. The second kappa shape index (κ2) is 4.94. The molecular formula is C13H14ClN3O3. The lowest BCUT2D eigenvalue weighted by Crippen LogP contribution is -2.46. The lowest BCUT2D eigenvalue weighted by atomic mass is 9.91. The second-order valence-corrected chi connectivity index (χ2v) is 5.48. The number of halogens is 1. The standard InChI is InChI=1S/C13H14ClN3O3/c14-10-4-7(13(19)20)5-11(16-10)17-3-1-2-8-9(17)6-15-12(8)18/h4-5,8-9H,1-3,6H2,(H,15,18)(H,19,20). The summed E-state index contributed by atoms with van der Waals surface area (Å²) >= 11 is 5.90. The number of carboxylic acid groups (broad SMARTS) is 1. The average Bonchev–Trinajstić information content (AvgIpc) is 2.80. The Hall–Kier alpha value is -1.82. The van der Waals surface area contributed by atoms with Gasteiger partial charge in [0.2, 0.25) is 5.91 Å². The third-order valence-corrected chi connectivity index (χ3v) is 4.12. The highest BCUT2D eigenvalue weighted by Crippen LogP contribution is 2.31. The third-order valence-electron chi connectivity index (χ3n) is 3.92. The van der Waals surface area contributed by atoms with E-state index >= 15 is 0 Å². The molecule has 0 bridgehead atoms. The highest BCUT2D eigenvalue weighted by Gasteiger charge is 2.41. The van der Waals surface area contributed by atoms with Crippen LogP contribution in [0.2, 0.25) is 5.15 Å². The Bertz CT molecular complexity index is 578. The first-order chi connectivity index (χ1) is 9.56. The molecule has 0 radical (unpaired) electrons. The minimum Gasteiger partial charge on any atom is -0.478 e. The molecule has 2 saturated heterocycles. The quantitative estimate of drug-likeness (QED) is 0.800. The van der Waals surface area contributed by atoms with Gasteiger partial charge in [-0.1, -0.05) is 11.6 Å². The maximum absolute atomic E-state index is 11.7. The number of carbonyl (C=O) groups excluding carboxylic acids is 1. The number of aromatic carboxylic acids is 1. The highest BCUT2D eigenvalue weighted by molar-refractivity contribution is 6.29. The molecule has 2 fully saturated rings. The van der Waals surface area contributed by atoms with Crippen LogP contribution in [0.4, 0.5) is 5.82 Å². The van der Waals surface area contributed by atoms with Gasteiger partial charge in [-0.05, 0) is 25.0 Å². The molecule has 7 heteroatoms. The van der Waals surface area contributed by atoms with Crippen LogP contribution < -0.4 is 10.2 Å². The van der Waals surface area contributed by atoms with Crippen molar-refractivity contribution >= 4 is 29.3 Å². The van der Waals surface area contributed by atoms with E-state index in [2.05, 4.69) is 10.3 Å². The van der Waals surface area contributed by atoms with Gasteiger partial charge < -0.3 is 15.3 Å². The zero-order chi connectivity index (χ0) is 14.3. The van der Waals surface area contributed by atoms with E-state index in [9.17, 15) is 9.59 Å². The molecule has 3 heterocycles. The number of piperidine rings is 1. The third kappa shape index (κ3) is 2.20. The first-order valence-electron chi connectivity index (χ1n) is 6.51. The highest BCUT2D eigenvalue weighted by atomic mass is 35.5. The predicted molar refractivity (Wildman–Crippen MR) is 73.1 cm³/mol. The topological polar surface area (TPSA) is 82.5 Å². The van der Waals surface area contributed by atoms with Crippen molar-refractivity contribution < 1.29 is 14.7 Å². The summed E-state index contributed by atoms with van der Waals surface area (Å²) in [5, 5.41) is 12.1. The number of anilines is 1. The van der Waals surface area contributed by atoms with Gasteiger partial charge in [0.05, 0.1) is 17.5 Å². The van der Waals surface area contributed by atoms with Crippen LogP contribution in [-0.4, -0.2) is 41.1 Å². The van der Waals surface area contributed by atoms with Crippen LogP contribution in [0, 0.1) is 5.92 Å². The van der Waals surface area contributed by atoms with Gasteiger partial charge in [-0.25, -0.2) is 9.78 Å². The molecule has 2 N–H and O–H groups in total. The van der Waals surface area contributed by atoms with E-state index < -0.39 is 5.97 Å². The van der Waals surface area contributed by atoms with E-state index in [0.29, 0.717) is 12.4 Å². The first-order valence-corrected chi connectivity index (χ1v) is 6.89. The molecule has 2 aliphatic rings. The maximum Gasteiger partial charge on any atom is 0.335 e. The number of amides is 1. The fourth-order valence-electron chi connectivity index (χ4n) is 2.99. The summed E-state index contributed by atoms with van der Waals surface area (Å²) < 4.78 is 0. The lowest BCUT2D eigenvalue weighted by molar-refractivity contribution is -0.123. The number of fused-ring (bicyclic) bond motifs is 1. The molecule has 3 rings (SSSR count). The Morgan fingerprint density at radius 1 is 1.50 bits per heavy atom. The van der Waals surface area contributed by atoms with E-state index in [1.54, 1.807) is 0 Å². The van der Waals surface area contributed by atoms with Gasteiger partial charge in [-0.15, -0.1) is 0 Å². The van der Waals surface area contributed by atoms with Crippen LogP contribution in [0.3, 0.4) is 0 Å². The van der Waals surface area contributed by atoms with E-state index in [1.807, 2.05) is 4.90 Å². The summed E-state index contributed by atoms with van der Waals surface area (Å²) in [7, 11) is 0. The lowest BCUT2D eigenvalue weighted by Gasteiger charge is -2.36. The molecule has 0 aromatic carbocycles. The molecule has 2 aliphatic heterocycles. The minimum absolute atomic E-state index is 0.0314. The van der Waals surface area contributed by atoms with Gasteiger partial charge in [-0.2, -0.15) is 0 Å². The van der Waals surface area contributed by atoms with Crippen LogP contribution in [0.5, 0.6) is 0 Å². The predicted octanol–water partition coefficient (Wildman–Crippen LogP) is 1.15. The van der Waals surface area contributed by atoms with E-state index in [-0.39, 0.29) is 28.6 Å². The Kier molecular flexibility index (Phi) is 3.25. The molecule has 1 amide bonds. The van der Waals surface area contributed by atoms with Gasteiger partial charge >= 0.3 is 5.97 Å². The van der Waals surface area contributed by atoms with Crippen molar-refractivity contribution in [1.29, 1.82) is 0 Å². The Morgan fingerprint density at radius 3 is 3.05 bits per heavy atom. The number of hydrogen-bond acceptors (Lipinski definition) is 4. The maximum atomic E-state index is 11.7.